The first-order valence-corrected chi connectivity index (χ1v) is 9.15. The summed E-state index contributed by atoms with van der Waals surface area (Å²) < 4.78 is 49.3. The minimum absolute atomic E-state index is 0.166. The van der Waals surface area contributed by atoms with E-state index in [0.717, 1.165) is 13.0 Å². The van der Waals surface area contributed by atoms with Gasteiger partial charge in [-0.2, -0.15) is 0 Å². The molecule has 136 valence electrons. The van der Waals surface area contributed by atoms with Gasteiger partial charge in [-0.1, -0.05) is 17.7 Å². The number of carbonyl (C=O) groups excluding carboxylic acids is 2. The lowest BCUT2D eigenvalue weighted by Gasteiger charge is -2.24. The summed E-state index contributed by atoms with van der Waals surface area (Å²) in [5.74, 6) is -3.71. The fourth-order valence-corrected chi connectivity index (χ4v) is 2.86. The molecule has 25 heavy (non-hydrogen) atoms. The van der Waals surface area contributed by atoms with Crippen LogP contribution in [0.1, 0.15) is 26.3 Å². The maximum Gasteiger partial charge on any atom is 0.308 e. The molecule has 1 aliphatic heterocycles. The molecule has 1 aliphatic rings. The summed E-state index contributed by atoms with van der Waals surface area (Å²) in [6.07, 6.45) is 0. The Balaban J connectivity index is 2.50. The minimum Gasteiger partial charge on any atom is -0.456 e. The van der Waals surface area contributed by atoms with Gasteiger partial charge >= 0.3 is 5.97 Å². The molecule has 0 aliphatic carbocycles. The van der Waals surface area contributed by atoms with Crippen LogP contribution in [0.5, 0.6) is 0 Å². The molecule has 1 aromatic rings. The molecule has 1 N–H and O–H groups in total. The Morgan fingerprint density at radius 3 is 2.60 bits per heavy atom. The zero-order valence-corrected chi connectivity index (χ0v) is 15.1. The monoisotopic (exact) mass is 391 g/mol. The fraction of sp³-hybridized carbons (Fsp3) is 0.333. The number of rotatable bonds is 5. The number of ketones is 1. The van der Waals surface area contributed by atoms with Gasteiger partial charge in [-0.15, -0.1) is 0 Å². The molecule has 0 saturated carbocycles. The van der Waals surface area contributed by atoms with Gasteiger partial charge in [-0.3, -0.25) is 14.3 Å². The second kappa shape index (κ2) is 6.64. The van der Waals surface area contributed by atoms with Gasteiger partial charge < -0.3 is 9.47 Å². The van der Waals surface area contributed by atoms with Crippen LogP contribution < -0.4 is 4.72 Å². The Bertz CT molecular complexity index is 882. The first-order chi connectivity index (χ1) is 11.5. The number of hydrogen-bond donors (Lipinski definition) is 1. The predicted molar refractivity (Wildman–Crippen MR) is 86.2 cm³/mol. The first kappa shape index (κ1) is 19.2. The van der Waals surface area contributed by atoms with E-state index in [1.165, 1.54) is 26.0 Å². The van der Waals surface area contributed by atoms with E-state index in [0.29, 0.717) is 0 Å². The lowest BCUT2D eigenvalue weighted by molar-refractivity contribution is -0.142. The van der Waals surface area contributed by atoms with E-state index in [1.54, 1.807) is 0 Å². The van der Waals surface area contributed by atoms with Crippen LogP contribution >= 0.6 is 11.6 Å². The molecule has 0 radical (unpaired) electrons. The number of ether oxygens (including phenoxy) is 2. The highest BCUT2D eigenvalue weighted by Gasteiger charge is 2.50. The molecule has 2 rings (SSSR count). The van der Waals surface area contributed by atoms with Crippen LogP contribution in [-0.2, 0) is 34.7 Å². The smallest absolute Gasteiger partial charge is 0.308 e. The van der Waals surface area contributed by atoms with Crippen LogP contribution in [0.2, 0.25) is 5.02 Å². The lowest BCUT2D eigenvalue weighted by atomic mass is 9.91. The Morgan fingerprint density at radius 2 is 2.08 bits per heavy atom. The van der Waals surface area contributed by atoms with Crippen LogP contribution in [0.3, 0.4) is 0 Å². The van der Waals surface area contributed by atoms with E-state index in [4.69, 9.17) is 21.1 Å². The van der Waals surface area contributed by atoms with Crippen molar-refractivity contribution < 1.29 is 31.9 Å². The largest absolute Gasteiger partial charge is 0.456 e. The van der Waals surface area contributed by atoms with Crippen molar-refractivity contribution in [2.24, 2.45) is 0 Å². The second-order valence-corrected chi connectivity index (χ2v) is 7.77. The predicted octanol–water partition coefficient (Wildman–Crippen LogP) is 1.97. The molecule has 1 atom stereocenters. The summed E-state index contributed by atoms with van der Waals surface area (Å²) in [6, 6.07) is 3.48. The molecule has 0 fully saturated rings. The number of carbonyl (C=O) groups is 2. The number of benzene rings is 1. The normalized spacial score (nSPS) is 20.4. The summed E-state index contributed by atoms with van der Waals surface area (Å²) in [5, 5.41) is -0.244. The molecule has 10 heteroatoms. The third-order valence-electron chi connectivity index (χ3n) is 3.50. The molecule has 1 unspecified atom stereocenters. The van der Waals surface area contributed by atoms with Gasteiger partial charge in [0, 0.05) is 12.5 Å². The van der Waals surface area contributed by atoms with Gasteiger partial charge in [-0.05, 0) is 26.0 Å². The maximum atomic E-state index is 13.4. The summed E-state index contributed by atoms with van der Waals surface area (Å²) in [4.78, 5) is 24.0. The summed E-state index contributed by atoms with van der Waals surface area (Å²) >= 11 is 5.74. The number of hydrogen-bond acceptors (Lipinski definition) is 6. The Labute approximate surface area is 148 Å². The quantitative estimate of drug-likeness (QED) is 0.770. The first-order valence-electron chi connectivity index (χ1n) is 7.12. The van der Waals surface area contributed by atoms with Crippen molar-refractivity contribution in [3.8, 4) is 0 Å². The van der Waals surface area contributed by atoms with Gasteiger partial charge in [0.2, 0.25) is 21.7 Å². The summed E-state index contributed by atoms with van der Waals surface area (Å²) in [5.41, 5.74) is -1.58. The van der Waals surface area contributed by atoms with Crippen molar-refractivity contribution in [3.63, 3.8) is 0 Å². The molecular formula is C15H15ClFNO6S. The highest BCUT2D eigenvalue weighted by Crippen LogP contribution is 2.39. The zero-order valence-electron chi connectivity index (χ0n) is 13.6. The highest BCUT2D eigenvalue weighted by atomic mass is 35.5. The van der Waals surface area contributed by atoms with Crippen molar-refractivity contribution in [1.82, 2.24) is 4.72 Å². The lowest BCUT2D eigenvalue weighted by Crippen LogP contribution is -2.32. The third kappa shape index (κ3) is 3.77. The minimum atomic E-state index is -3.80. The molecule has 0 aromatic heterocycles. The van der Waals surface area contributed by atoms with Crippen molar-refractivity contribution in [3.05, 3.63) is 46.2 Å². The van der Waals surface area contributed by atoms with E-state index in [2.05, 4.69) is 4.72 Å². The van der Waals surface area contributed by atoms with Gasteiger partial charge in [0.25, 0.3) is 5.78 Å². The van der Waals surface area contributed by atoms with E-state index in [1.807, 2.05) is 0 Å². The maximum absolute atomic E-state index is 13.4. The second-order valence-electron chi connectivity index (χ2n) is 5.35. The van der Waals surface area contributed by atoms with Crippen LogP contribution in [0.4, 0.5) is 4.39 Å². The molecular weight excluding hydrogens is 377 g/mol. The average molecular weight is 392 g/mol. The van der Waals surface area contributed by atoms with E-state index >= 15 is 0 Å². The molecule has 0 saturated heterocycles. The molecule has 0 amide bonds. The molecule has 1 aromatic carbocycles. The Morgan fingerprint density at radius 1 is 1.44 bits per heavy atom. The van der Waals surface area contributed by atoms with Crippen molar-refractivity contribution in [2.45, 2.75) is 26.4 Å². The van der Waals surface area contributed by atoms with Gasteiger partial charge in [0.05, 0.1) is 10.8 Å². The van der Waals surface area contributed by atoms with Crippen LogP contribution in [0, 0.1) is 5.82 Å². The molecule has 7 nitrogen and oxygen atoms in total. The topological polar surface area (TPSA) is 98.8 Å². The third-order valence-corrected chi connectivity index (χ3v) is 5.04. The van der Waals surface area contributed by atoms with Gasteiger partial charge in [-0.25, -0.2) is 12.8 Å². The van der Waals surface area contributed by atoms with Gasteiger partial charge in [0.1, 0.15) is 5.82 Å². The van der Waals surface area contributed by atoms with Crippen LogP contribution in [0.15, 0.2) is 29.8 Å². The van der Waals surface area contributed by atoms with E-state index in [-0.39, 0.29) is 16.3 Å². The Hall–Kier alpha value is -2.13. The number of sulfonamides is 1. The SMILES string of the molecule is CCS(=O)(=O)NC1=C(OC(C)=O)C(=O)C(C)(c2ccc(F)c(Cl)c2)O1. The number of halogens is 2. The fourth-order valence-electron chi connectivity index (χ4n) is 2.12. The molecule has 1 heterocycles. The van der Waals surface area contributed by atoms with Crippen molar-refractivity contribution in [2.75, 3.05) is 5.75 Å². The summed E-state index contributed by atoms with van der Waals surface area (Å²) in [7, 11) is -3.80. The number of Topliss-reactive ketones (excluding diaryl/α,β-unsaturated/α-hetero) is 1. The van der Waals surface area contributed by atoms with Crippen LogP contribution in [0.25, 0.3) is 0 Å². The number of esters is 1. The van der Waals surface area contributed by atoms with Crippen LogP contribution in [-0.4, -0.2) is 25.9 Å². The molecule has 0 bridgehead atoms. The average Bonchev–Trinajstić information content (AvgIpc) is 2.74. The molecule has 0 spiro atoms. The zero-order chi connectivity index (χ0) is 19.0. The van der Waals surface area contributed by atoms with E-state index < -0.39 is 44.8 Å². The Kier molecular flexibility index (Phi) is 5.10. The van der Waals surface area contributed by atoms with Crippen molar-refractivity contribution >= 4 is 33.4 Å². The standard InChI is InChI=1S/C15H15ClFNO6S/c1-4-25(21,22)18-14-12(23-8(2)19)13(20)15(3,24-14)9-5-6-11(17)10(16)7-9/h5-7,18H,4H2,1-3H3. The highest BCUT2D eigenvalue weighted by molar-refractivity contribution is 7.89. The number of nitrogens with one attached hydrogen (secondary N) is 1. The van der Waals surface area contributed by atoms with Crippen molar-refractivity contribution in [1.29, 1.82) is 0 Å². The summed E-state index contributed by atoms with van der Waals surface area (Å²) in [6.45, 7) is 3.76. The van der Waals surface area contributed by atoms with E-state index in [9.17, 15) is 22.4 Å². The van der Waals surface area contributed by atoms with Gasteiger partial charge in [0.15, 0.2) is 5.60 Å².